The van der Waals surface area contributed by atoms with Gasteiger partial charge in [-0.15, -0.1) is 0 Å². The molecule has 1 aromatic carbocycles. The fraction of sp³-hybridized carbons (Fsp3) is 0.571. The average molecular weight is 373 g/mol. The van der Waals surface area contributed by atoms with E-state index in [-0.39, 0.29) is 24.4 Å². The van der Waals surface area contributed by atoms with Gasteiger partial charge in [-0.3, -0.25) is 14.5 Å². The predicted octanol–water partition coefficient (Wildman–Crippen LogP) is 3.17. The highest BCUT2D eigenvalue weighted by Crippen LogP contribution is 2.24. The summed E-state index contributed by atoms with van der Waals surface area (Å²) in [5, 5.41) is 5.61. The topological polar surface area (TPSA) is 78.5 Å². The fourth-order valence-corrected chi connectivity index (χ4v) is 3.48. The summed E-state index contributed by atoms with van der Waals surface area (Å²) < 4.78 is 0. The minimum atomic E-state index is -0.880. The lowest BCUT2D eigenvalue weighted by Crippen LogP contribution is -2.46. The molecule has 4 amide bonds. The number of hydrogen-bond acceptors (Lipinski definition) is 3. The maximum Gasteiger partial charge on any atom is 0.325 e. The summed E-state index contributed by atoms with van der Waals surface area (Å²) in [6.45, 7) is 9.70. The SMILES string of the molecule is CCC1(CC)NC(=O)N(CC(=O)N[C@H](C)c2ccc(CC(C)C)cc2)C1=O. The molecule has 1 aliphatic heterocycles. The van der Waals surface area contributed by atoms with Gasteiger partial charge in [-0.2, -0.15) is 0 Å². The highest BCUT2D eigenvalue weighted by molar-refractivity contribution is 6.09. The summed E-state index contributed by atoms with van der Waals surface area (Å²) in [5.41, 5.74) is 1.38. The third-order valence-electron chi connectivity index (χ3n) is 5.26. The Morgan fingerprint density at radius 2 is 1.70 bits per heavy atom. The Morgan fingerprint density at radius 3 is 2.19 bits per heavy atom. The molecule has 0 spiro atoms. The normalized spacial score (nSPS) is 17.2. The molecule has 1 fully saturated rings. The molecule has 1 aliphatic rings. The molecular formula is C21H31N3O3. The van der Waals surface area contributed by atoms with Crippen LogP contribution in [0.25, 0.3) is 0 Å². The van der Waals surface area contributed by atoms with E-state index in [1.165, 1.54) is 5.56 Å². The Kier molecular flexibility index (Phi) is 6.63. The summed E-state index contributed by atoms with van der Waals surface area (Å²) in [6, 6.07) is 7.47. The highest BCUT2D eigenvalue weighted by atomic mass is 16.2. The Hall–Kier alpha value is -2.37. The van der Waals surface area contributed by atoms with Crippen LogP contribution in [0.3, 0.4) is 0 Å². The fourth-order valence-electron chi connectivity index (χ4n) is 3.48. The molecule has 0 bridgehead atoms. The molecule has 0 aliphatic carbocycles. The largest absolute Gasteiger partial charge is 0.348 e. The minimum absolute atomic E-state index is 0.200. The quantitative estimate of drug-likeness (QED) is 0.687. The first-order valence-corrected chi connectivity index (χ1v) is 9.74. The molecule has 0 unspecified atom stereocenters. The number of urea groups is 1. The second kappa shape index (κ2) is 8.55. The van der Waals surface area contributed by atoms with E-state index >= 15 is 0 Å². The molecular weight excluding hydrogens is 342 g/mol. The van der Waals surface area contributed by atoms with Gasteiger partial charge in [0.1, 0.15) is 12.1 Å². The number of nitrogens with one attached hydrogen (secondary N) is 2. The van der Waals surface area contributed by atoms with Crippen LogP contribution < -0.4 is 10.6 Å². The van der Waals surface area contributed by atoms with E-state index in [1.807, 2.05) is 32.9 Å². The summed E-state index contributed by atoms with van der Waals surface area (Å²) in [7, 11) is 0. The van der Waals surface area contributed by atoms with Crippen LogP contribution in [0.15, 0.2) is 24.3 Å². The standard InChI is InChI=1S/C21H31N3O3/c1-6-21(7-2)19(26)24(20(27)23-21)13-18(25)22-15(5)17-10-8-16(9-11-17)12-14(3)4/h8-11,14-15H,6-7,12-13H2,1-5H3,(H,22,25)(H,23,27)/t15-/m1/s1. The van der Waals surface area contributed by atoms with Crippen molar-refractivity contribution in [3.8, 4) is 0 Å². The molecule has 1 saturated heterocycles. The molecule has 1 heterocycles. The first-order valence-electron chi connectivity index (χ1n) is 9.74. The number of hydrogen-bond donors (Lipinski definition) is 2. The third-order valence-corrected chi connectivity index (χ3v) is 5.26. The van der Waals surface area contributed by atoms with E-state index in [2.05, 4.69) is 36.6 Å². The zero-order valence-electron chi connectivity index (χ0n) is 17.0. The number of carbonyl (C=O) groups is 3. The Labute approximate surface area is 161 Å². The van der Waals surface area contributed by atoms with Crippen LogP contribution in [0, 0.1) is 5.92 Å². The van der Waals surface area contributed by atoms with Gasteiger partial charge in [0.2, 0.25) is 5.91 Å². The predicted molar refractivity (Wildman–Crippen MR) is 105 cm³/mol. The smallest absolute Gasteiger partial charge is 0.325 e. The summed E-state index contributed by atoms with van der Waals surface area (Å²) in [4.78, 5) is 38.1. The lowest BCUT2D eigenvalue weighted by molar-refractivity contribution is -0.135. The number of imide groups is 1. The number of carbonyl (C=O) groups excluding carboxylic acids is 3. The molecule has 27 heavy (non-hydrogen) atoms. The van der Waals surface area contributed by atoms with Crippen LogP contribution in [-0.2, 0) is 16.0 Å². The molecule has 1 aromatic rings. The van der Waals surface area contributed by atoms with Crippen molar-refractivity contribution in [2.24, 2.45) is 5.92 Å². The molecule has 0 saturated carbocycles. The van der Waals surface area contributed by atoms with Gasteiger partial charge >= 0.3 is 6.03 Å². The van der Waals surface area contributed by atoms with E-state index in [1.54, 1.807) is 0 Å². The first-order chi connectivity index (χ1) is 12.7. The van der Waals surface area contributed by atoms with Gasteiger partial charge in [-0.05, 0) is 43.2 Å². The Bertz CT molecular complexity index is 693. The van der Waals surface area contributed by atoms with E-state index in [9.17, 15) is 14.4 Å². The van der Waals surface area contributed by atoms with Crippen LogP contribution in [0.2, 0.25) is 0 Å². The molecule has 2 N–H and O–H groups in total. The number of benzene rings is 1. The van der Waals surface area contributed by atoms with Crippen molar-refractivity contribution in [3.05, 3.63) is 35.4 Å². The van der Waals surface area contributed by atoms with Crippen molar-refractivity contribution in [3.63, 3.8) is 0 Å². The zero-order valence-corrected chi connectivity index (χ0v) is 17.0. The number of nitrogens with zero attached hydrogens (tertiary/aromatic N) is 1. The van der Waals surface area contributed by atoms with Gasteiger partial charge in [0.25, 0.3) is 5.91 Å². The van der Waals surface area contributed by atoms with Crippen molar-refractivity contribution in [2.75, 3.05) is 6.54 Å². The molecule has 6 heteroatoms. The molecule has 148 valence electrons. The Morgan fingerprint density at radius 1 is 1.11 bits per heavy atom. The maximum absolute atomic E-state index is 12.6. The van der Waals surface area contributed by atoms with E-state index in [0.717, 1.165) is 16.9 Å². The third kappa shape index (κ3) is 4.67. The first kappa shape index (κ1) is 20.9. The van der Waals surface area contributed by atoms with Crippen LogP contribution in [0.1, 0.15) is 64.6 Å². The van der Waals surface area contributed by atoms with E-state index in [0.29, 0.717) is 18.8 Å². The molecule has 2 rings (SSSR count). The van der Waals surface area contributed by atoms with Crippen molar-refractivity contribution in [2.45, 2.75) is 65.5 Å². The van der Waals surface area contributed by atoms with Crippen LogP contribution >= 0.6 is 0 Å². The van der Waals surface area contributed by atoms with Gasteiger partial charge < -0.3 is 10.6 Å². The van der Waals surface area contributed by atoms with Crippen molar-refractivity contribution in [1.82, 2.24) is 15.5 Å². The van der Waals surface area contributed by atoms with Crippen molar-refractivity contribution < 1.29 is 14.4 Å². The van der Waals surface area contributed by atoms with E-state index in [4.69, 9.17) is 0 Å². The van der Waals surface area contributed by atoms with Gasteiger partial charge in [-0.25, -0.2) is 4.79 Å². The minimum Gasteiger partial charge on any atom is -0.348 e. The monoisotopic (exact) mass is 373 g/mol. The lowest BCUT2D eigenvalue weighted by Gasteiger charge is -2.23. The second-order valence-corrected chi connectivity index (χ2v) is 7.74. The van der Waals surface area contributed by atoms with Gasteiger partial charge in [0, 0.05) is 0 Å². The number of amides is 4. The van der Waals surface area contributed by atoms with Crippen LogP contribution in [-0.4, -0.2) is 34.8 Å². The lowest BCUT2D eigenvalue weighted by atomic mass is 9.93. The maximum atomic E-state index is 12.6. The van der Waals surface area contributed by atoms with Crippen LogP contribution in [0.4, 0.5) is 4.79 Å². The summed E-state index contributed by atoms with van der Waals surface area (Å²) >= 11 is 0. The molecule has 1 atom stereocenters. The molecule has 0 radical (unpaired) electrons. The van der Waals surface area contributed by atoms with E-state index < -0.39 is 11.6 Å². The Balaban J connectivity index is 1.97. The van der Waals surface area contributed by atoms with Crippen molar-refractivity contribution in [1.29, 1.82) is 0 Å². The van der Waals surface area contributed by atoms with Crippen LogP contribution in [0.5, 0.6) is 0 Å². The second-order valence-electron chi connectivity index (χ2n) is 7.74. The highest BCUT2D eigenvalue weighted by Gasteiger charge is 2.49. The zero-order chi connectivity index (χ0) is 20.2. The summed E-state index contributed by atoms with van der Waals surface area (Å²) in [6.07, 6.45) is 2.03. The van der Waals surface area contributed by atoms with Crippen molar-refractivity contribution >= 4 is 17.8 Å². The molecule has 0 aromatic heterocycles. The summed E-state index contributed by atoms with van der Waals surface area (Å²) in [5.74, 6) is -0.0749. The average Bonchev–Trinajstić information content (AvgIpc) is 2.86. The van der Waals surface area contributed by atoms with Gasteiger partial charge in [0.05, 0.1) is 6.04 Å². The molecule has 6 nitrogen and oxygen atoms in total. The van der Waals surface area contributed by atoms with Gasteiger partial charge in [-0.1, -0.05) is 52.0 Å². The number of rotatable bonds is 8. The van der Waals surface area contributed by atoms with Gasteiger partial charge in [0.15, 0.2) is 0 Å².